The molecule has 0 saturated carbocycles. The van der Waals surface area contributed by atoms with Gasteiger partial charge in [0.15, 0.2) is 0 Å². The van der Waals surface area contributed by atoms with Crippen LogP contribution in [0.1, 0.15) is 31.6 Å². The normalized spacial score (nSPS) is 27.3. The fourth-order valence-corrected chi connectivity index (χ4v) is 2.11. The smallest absolute Gasteiger partial charge is 0.330 e. The van der Waals surface area contributed by atoms with E-state index in [1.165, 1.54) is 16.8 Å². The zero-order valence-corrected chi connectivity index (χ0v) is 10.1. The monoisotopic (exact) mass is 252 g/mol. The van der Waals surface area contributed by atoms with E-state index in [-0.39, 0.29) is 6.10 Å². The minimum Gasteiger partial charge on any atom is -0.390 e. The molecule has 3 atom stereocenters. The highest BCUT2D eigenvalue weighted by molar-refractivity contribution is 5.43. The number of aromatic nitrogens is 2. The Morgan fingerprint density at radius 2 is 2.39 bits per heavy atom. The van der Waals surface area contributed by atoms with Crippen molar-refractivity contribution < 1.29 is 9.84 Å². The van der Waals surface area contributed by atoms with Gasteiger partial charge in [0.2, 0.25) is 0 Å². The molecule has 0 spiro atoms. The molecule has 0 amide bonds. The Balaban J connectivity index is 2.38. The summed E-state index contributed by atoms with van der Waals surface area (Å²) in [5.41, 5.74) is -0.718. The maximum Gasteiger partial charge on any atom is 0.330 e. The average molecular weight is 252 g/mol. The van der Waals surface area contributed by atoms with Crippen molar-refractivity contribution in [3.05, 3.63) is 39.2 Å². The molecule has 6 nitrogen and oxygen atoms in total. The minimum absolute atomic E-state index is 0.277. The Morgan fingerprint density at radius 3 is 2.94 bits per heavy atom. The molecule has 0 radical (unpaired) electrons. The number of hydrogen-bond donors (Lipinski definition) is 2. The number of hydrogen-bond acceptors (Lipinski definition) is 4. The van der Waals surface area contributed by atoms with Crippen LogP contribution in [0.3, 0.4) is 0 Å². The van der Waals surface area contributed by atoms with E-state index < -0.39 is 23.6 Å². The Morgan fingerprint density at radius 1 is 1.67 bits per heavy atom. The first-order valence-electron chi connectivity index (χ1n) is 5.88. The van der Waals surface area contributed by atoms with E-state index in [0.717, 1.165) is 0 Å². The van der Waals surface area contributed by atoms with Gasteiger partial charge in [-0.3, -0.25) is 14.3 Å². The predicted octanol–water partition coefficient (Wildman–Crippen LogP) is 0.238. The van der Waals surface area contributed by atoms with Gasteiger partial charge in [0.05, 0.1) is 17.8 Å². The molecule has 1 saturated heterocycles. The van der Waals surface area contributed by atoms with Crippen molar-refractivity contribution >= 4 is 6.08 Å². The van der Waals surface area contributed by atoms with E-state index in [9.17, 15) is 14.7 Å². The Hall–Kier alpha value is -1.66. The summed E-state index contributed by atoms with van der Waals surface area (Å²) < 4.78 is 6.87. The number of H-pyrrole nitrogens is 1. The van der Waals surface area contributed by atoms with Gasteiger partial charge < -0.3 is 9.84 Å². The lowest BCUT2D eigenvalue weighted by Crippen LogP contribution is -2.33. The Kier molecular flexibility index (Phi) is 3.49. The summed E-state index contributed by atoms with van der Waals surface area (Å²) in [6.07, 6.45) is 2.37. The molecule has 0 aliphatic carbocycles. The van der Waals surface area contributed by atoms with Crippen molar-refractivity contribution in [3.8, 4) is 0 Å². The summed E-state index contributed by atoms with van der Waals surface area (Å²) in [5.74, 6) is 0. The number of aliphatic hydroxyl groups is 1. The third-order valence-electron chi connectivity index (χ3n) is 3.13. The van der Waals surface area contributed by atoms with Crippen LogP contribution in [-0.2, 0) is 4.74 Å². The minimum atomic E-state index is -0.592. The van der Waals surface area contributed by atoms with E-state index in [4.69, 9.17) is 4.74 Å². The van der Waals surface area contributed by atoms with Crippen LogP contribution in [0.25, 0.3) is 6.08 Å². The lowest BCUT2D eigenvalue weighted by molar-refractivity contribution is -0.0217. The first-order chi connectivity index (χ1) is 8.56. The lowest BCUT2D eigenvalue weighted by Gasteiger charge is -2.14. The molecular formula is C12H16N2O4. The number of rotatable bonds is 3. The number of aromatic amines is 1. The molecular weight excluding hydrogens is 236 g/mol. The predicted molar refractivity (Wildman–Crippen MR) is 66.2 cm³/mol. The molecule has 0 unspecified atom stereocenters. The fraction of sp³-hybridized carbons (Fsp3) is 0.500. The summed E-state index contributed by atoms with van der Waals surface area (Å²) in [5, 5.41) is 9.76. The van der Waals surface area contributed by atoms with Gasteiger partial charge in [-0.05, 0) is 6.42 Å². The second kappa shape index (κ2) is 4.91. The van der Waals surface area contributed by atoms with Gasteiger partial charge >= 0.3 is 5.69 Å². The van der Waals surface area contributed by atoms with Crippen molar-refractivity contribution in [2.24, 2.45) is 0 Å². The highest BCUT2D eigenvalue weighted by atomic mass is 16.5. The van der Waals surface area contributed by atoms with Crippen molar-refractivity contribution in [2.75, 3.05) is 0 Å². The zero-order valence-electron chi connectivity index (χ0n) is 10.1. The molecule has 1 aromatic rings. The number of nitrogens with one attached hydrogen (secondary N) is 1. The molecule has 2 heterocycles. The summed E-state index contributed by atoms with van der Waals surface area (Å²) in [4.78, 5) is 25.3. The lowest BCUT2D eigenvalue weighted by atomic mass is 10.1. The quantitative estimate of drug-likeness (QED) is 0.807. The second-order valence-electron chi connectivity index (χ2n) is 4.30. The highest BCUT2D eigenvalue weighted by Crippen LogP contribution is 2.29. The first kappa shape index (κ1) is 12.8. The molecule has 1 aliphatic rings. The molecule has 2 N–H and O–H groups in total. The molecule has 2 rings (SSSR count). The Bertz CT molecular complexity index is 560. The number of ether oxygens (including phenoxy) is 1. The van der Waals surface area contributed by atoms with Gasteiger partial charge in [-0.1, -0.05) is 19.6 Å². The van der Waals surface area contributed by atoms with Crippen LogP contribution in [0.15, 0.2) is 22.4 Å². The van der Waals surface area contributed by atoms with E-state index in [2.05, 4.69) is 11.6 Å². The van der Waals surface area contributed by atoms with Gasteiger partial charge in [-0.25, -0.2) is 4.79 Å². The van der Waals surface area contributed by atoms with Gasteiger partial charge in [0.1, 0.15) is 6.23 Å². The molecule has 1 aromatic heterocycles. The van der Waals surface area contributed by atoms with Crippen LogP contribution >= 0.6 is 0 Å². The fourth-order valence-electron chi connectivity index (χ4n) is 2.11. The third-order valence-corrected chi connectivity index (χ3v) is 3.13. The van der Waals surface area contributed by atoms with Crippen LogP contribution in [-0.4, -0.2) is 26.9 Å². The van der Waals surface area contributed by atoms with Crippen LogP contribution in [0, 0.1) is 0 Å². The highest BCUT2D eigenvalue weighted by Gasteiger charge is 2.34. The molecule has 1 aliphatic heterocycles. The van der Waals surface area contributed by atoms with E-state index >= 15 is 0 Å². The summed E-state index contributed by atoms with van der Waals surface area (Å²) >= 11 is 0. The standard InChI is InChI=1S/C12H16N2O4/c1-3-7-6-14(12(17)13-11(7)16)10-5-8(15)9(4-2)18-10/h3,6,8-10,15H,1,4-5H2,2H3,(H,13,16,17)/t8-,9-,10-/m1/s1. The molecule has 1 fully saturated rings. The van der Waals surface area contributed by atoms with Crippen molar-refractivity contribution in [1.29, 1.82) is 0 Å². The van der Waals surface area contributed by atoms with Crippen LogP contribution in [0.4, 0.5) is 0 Å². The largest absolute Gasteiger partial charge is 0.390 e. The van der Waals surface area contributed by atoms with Gasteiger partial charge in [0.25, 0.3) is 5.56 Å². The van der Waals surface area contributed by atoms with Crippen molar-refractivity contribution in [2.45, 2.75) is 38.2 Å². The Labute approximate surface area is 104 Å². The first-order valence-corrected chi connectivity index (χ1v) is 5.88. The van der Waals surface area contributed by atoms with Crippen LogP contribution in [0.2, 0.25) is 0 Å². The molecule has 98 valence electrons. The summed E-state index contributed by atoms with van der Waals surface area (Å²) in [7, 11) is 0. The molecule has 6 heteroatoms. The zero-order chi connectivity index (χ0) is 13.3. The third kappa shape index (κ3) is 2.16. The van der Waals surface area contributed by atoms with Crippen molar-refractivity contribution in [3.63, 3.8) is 0 Å². The van der Waals surface area contributed by atoms with Gasteiger partial charge in [-0.15, -0.1) is 0 Å². The SMILES string of the molecule is C=Cc1cn([C@H]2C[C@@H](O)[C@@H](CC)O2)c(=O)[nH]c1=O. The number of nitrogens with zero attached hydrogens (tertiary/aromatic N) is 1. The van der Waals surface area contributed by atoms with Crippen molar-refractivity contribution in [1.82, 2.24) is 9.55 Å². The molecule has 0 bridgehead atoms. The maximum atomic E-state index is 11.7. The van der Waals surface area contributed by atoms with E-state index in [1.807, 2.05) is 6.92 Å². The maximum absolute atomic E-state index is 11.7. The van der Waals surface area contributed by atoms with E-state index in [0.29, 0.717) is 18.4 Å². The summed E-state index contributed by atoms with van der Waals surface area (Å²) in [6, 6.07) is 0. The van der Waals surface area contributed by atoms with Gasteiger partial charge in [-0.2, -0.15) is 0 Å². The second-order valence-corrected chi connectivity index (χ2v) is 4.30. The number of aliphatic hydroxyl groups excluding tert-OH is 1. The molecule has 0 aromatic carbocycles. The van der Waals surface area contributed by atoms with Crippen LogP contribution < -0.4 is 11.2 Å². The average Bonchev–Trinajstić information content (AvgIpc) is 2.70. The van der Waals surface area contributed by atoms with Crippen LogP contribution in [0.5, 0.6) is 0 Å². The van der Waals surface area contributed by atoms with Gasteiger partial charge in [0, 0.05) is 12.6 Å². The van der Waals surface area contributed by atoms with E-state index in [1.54, 1.807) is 0 Å². The molecule has 18 heavy (non-hydrogen) atoms. The topological polar surface area (TPSA) is 84.3 Å². The summed E-state index contributed by atoms with van der Waals surface area (Å²) in [6.45, 7) is 5.41.